The summed E-state index contributed by atoms with van der Waals surface area (Å²) in [5.74, 6) is 3.00. The third-order valence-corrected chi connectivity index (χ3v) is 19.3. The van der Waals surface area contributed by atoms with Crippen molar-refractivity contribution in [1.29, 1.82) is 0 Å². The fraction of sp³-hybridized carbons (Fsp3) is 0.294. The van der Waals surface area contributed by atoms with Gasteiger partial charge in [-0.2, -0.15) is 0 Å². The minimum Gasteiger partial charge on any atom is -0.512 e. The number of rotatable bonds is 20. The van der Waals surface area contributed by atoms with E-state index in [2.05, 4.69) is 351 Å². The van der Waals surface area contributed by atoms with Crippen molar-refractivity contribution in [3.8, 4) is 67.3 Å². The van der Waals surface area contributed by atoms with Gasteiger partial charge in [0.25, 0.3) is 0 Å². The van der Waals surface area contributed by atoms with Crippen LogP contribution in [0.4, 0.5) is 0 Å². The molecule has 694 valence electrons. The van der Waals surface area contributed by atoms with Gasteiger partial charge in [0.15, 0.2) is 11.6 Å². The number of aryl methyl sites for hydroxylation is 9. The van der Waals surface area contributed by atoms with Crippen molar-refractivity contribution >= 4 is 44.3 Å². The molecule has 0 saturated heterocycles. The van der Waals surface area contributed by atoms with Crippen LogP contribution in [0.15, 0.2) is 265 Å². The Morgan fingerprint density at radius 2 is 0.779 bits per heavy atom. The number of hydrogen-bond donors (Lipinski definition) is 2. The first kappa shape index (κ1) is 117. The summed E-state index contributed by atoms with van der Waals surface area (Å²) in [4.78, 5) is 39.3. The summed E-state index contributed by atoms with van der Waals surface area (Å²) in [7, 11) is 0. The standard InChI is InChI=1S/C27H26N.C22H24N.C21H22N.C19H16N.C13H22.C7H10.2C5H8O2.4Ir/c1-18(2)12-23-17-27(24-14-19(3)13-20(4)15-24)28-26-11-10-22(16-25(23)26)21-8-6-5-7-9-21;1-14(2)8-18-13-22(19-10-16(4)9-17(5)11-19)23-21-7-6-15(3)12-20(18)21;1-14(2)9-17-13-21(18-11-15(3)10-16(4)12-18)22-20-8-6-5-7-19(17)20;1-14-10-15(2)12-18(11-14)17-8-9-20-19(13-17)16-6-4-3-5-7-16;1-10(2)7-12(5)9-13(6)8-11(3)4;1-6(2)5-7(3)4;2*1-4(6)3-5(2)7;;;;/h5-11,13-14,16-18H,12H2,1-4H3;6-7,9-10,12-14H,8H2,1-5H3;5-8,10-11,13-14H,9H2,1-4H3;3-6,8-13H,1-2H3;5,9-11H,6-8H2,1-4H3;1,5H,3H2,2,4H3;2*3,6H,1-2H3;;;;/q4*-1;2*-2;;;;;2*+3. The van der Waals surface area contributed by atoms with Crippen molar-refractivity contribution < 1.29 is 100 Å². The van der Waals surface area contributed by atoms with Crippen molar-refractivity contribution in [2.24, 2.45) is 29.6 Å². The van der Waals surface area contributed by atoms with Crippen LogP contribution in [0.1, 0.15) is 190 Å². The second-order valence-corrected chi connectivity index (χ2v) is 35.9. The number of aromatic nitrogens is 4. The zero-order valence-electron chi connectivity index (χ0n) is 81.8. The van der Waals surface area contributed by atoms with Crippen molar-refractivity contribution in [2.45, 2.75) is 205 Å². The normalized spacial score (nSPS) is 11.0. The maximum Gasteiger partial charge on any atom is 3.00 e. The number of aliphatic hydroxyl groups excluding tert-OH is 2. The van der Waals surface area contributed by atoms with Gasteiger partial charge >= 0.3 is 40.2 Å². The van der Waals surface area contributed by atoms with Crippen LogP contribution in [0.2, 0.25) is 0 Å². The Kier molecular flexibility index (Phi) is 52.6. The summed E-state index contributed by atoms with van der Waals surface area (Å²) < 4.78 is 0. The molecule has 2 radical (unpaired) electrons. The molecule has 131 heavy (non-hydrogen) atoms. The summed E-state index contributed by atoms with van der Waals surface area (Å²) in [6.07, 6.45) is 13.2. The zero-order valence-corrected chi connectivity index (χ0v) is 91.3. The molecule has 13 rings (SSSR count). The van der Waals surface area contributed by atoms with Crippen LogP contribution < -0.4 is 0 Å². The summed E-state index contributed by atoms with van der Waals surface area (Å²) in [5.41, 5.74) is 35.6. The van der Waals surface area contributed by atoms with Crippen LogP contribution in [0, 0.1) is 143 Å². The van der Waals surface area contributed by atoms with Crippen LogP contribution in [-0.4, -0.2) is 41.7 Å². The zero-order chi connectivity index (χ0) is 93.9. The quantitative estimate of drug-likeness (QED) is 0.0334. The molecule has 0 saturated carbocycles. The molecule has 2 N–H and O–H groups in total. The van der Waals surface area contributed by atoms with E-state index < -0.39 is 0 Å². The number of aliphatic hydroxyl groups is 2. The molecule has 0 aliphatic carbocycles. The number of nitrogens with zero attached hydrogens (tertiary/aromatic N) is 4. The first-order chi connectivity index (χ1) is 59.9. The van der Waals surface area contributed by atoms with Crippen molar-refractivity contribution in [2.75, 3.05) is 0 Å². The third-order valence-electron chi connectivity index (χ3n) is 19.3. The summed E-state index contributed by atoms with van der Waals surface area (Å²) in [6.45, 7) is 69.6. The Bertz CT molecular complexity index is 5830. The van der Waals surface area contributed by atoms with Crippen molar-refractivity contribution in [3.63, 3.8) is 0 Å². The number of ketones is 2. The minimum absolute atomic E-state index is 0. The van der Waals surface area contributed by atoms with Gasteiger partial charge in [0.05, 0.1) is 28.1 Å². The molecule has 4 heterocycles. The number of fused-ring (bicyclic) bond motifs is 3. The molecule has 4 aromatic heterocycles. The van der Waals surface area contributed by atoms with E-state index in [0.717, 1.165) is 133 Å². The molecule has 12 heteroatoms. The molecule has 0 bridgehead atoms. The van der Waals surface area contributed by atoms with Gasteiger partial charge in [-0.25, -0.2) is 48.3 Å². The van der Waals surface area contributed by atoms with Gasteiger partial charge in [0.1, 0.15) is 0 Å². The predicted molar refractivity (Wildman–Crippen MR) is 543 cm³/mol. The molecule has 13 aromatic rings. The van der Waals surface area contributed by atoms with Crippen molar-refractivity contribution in [3.05, 3.63) is 383 Å². The summed E-state index contributed by atoms with van der Waals surface area (Å²) in [6, 6.07) is 84.3. The smallest absolute Gasteiger partial charge is 0.512 e. The Balaban J connectivity index is 0.000000527. The molecule has 8 nitrogen and oxygen atoms in total. The first-order valence-corrected chi connectivity index (χ1v) is 44.3. The molecule has 9 aromatic carbocycles. The van der Waals surface area contributed by atoms with Crippen LogP contribution in [0.5, 0.6) is 0 Å². The van der Waals surface area contributed by atoms with Gasteiger partial charge in [-0.3, -0.25) is 37.7 Å². The van der Waals surface area contributed by atoms with Gasteiger partial charge in [0.2, 0.25) is 0 Å². The number of allylic oxidation sites excluding steroid dienone is 10. The molecule has 0 fully saturated rings. The summed E-state index contributed by atoms with van der Waals surface area (Å²) in [5, 5.41) is 20.5. The number of carbonyl (C=O) groups is 2. The second kappa shape index (κ2) is 58.9. The SMILES string of the molecule is CC(=O)C=C(C)O.CC(=O)C=C(C)O.Cc1[c-]c(-c2cc(CC(C)C)c3cc(-c4ccccc4)ccc3n2)cc(C)c1.Cc1[c-]c(-c2cc(CC(C)C)c3cc(C)ccc3n2)cc(C)c1.Cc1[c-]c(-c2cc(CC(C)C)c3ccccc3n2)cc(C)c1.Cc1cc(C)cc(-c2ccnc(-c3[c-]cccc3)c2)c1.[CH-]=C(C)C=C([CH2-])C.[CH-]=C(C=C([CH2-])CC(C)C)CC(C)C.[Ir+3].[Ir+3].[Ir].[Ir]. The Morgan fingerprint density at radius 1 is 0.374 bits per heavy atom. The molecule has 0 aliphatic rings. The fourth-order valence-electron chi connectivity index (χ4n) is 14.9. The average molecular weight is 2460 g/mol. The Morgan fingerprint density at radius 3 is 1.17 bits per heavy atom. The van der Waals surface area contributed by atoms with E-state index in [-0.39, 0.29) is 104 Å². The molecule has 0 amide bonds. The van der Waals surface area contributed by atoms with Crippen LogP contribution in [-0.2, 0) is 109 Å². The van der Waals surface area contributed by atoms with E-state index in [9.17, 15) is 9.59 Å². The fourth-order valence-corrected chi connectivity index (χ4v) is 14.9. The molecular formula is C119H136Ir4N4O4-2. The maximum absolute atomic E-state index is 10.0. The van der Waals surface area contributed by atoms with E-state index in [0.29, 0.717) is 29.6 Å². The average Bonchev–Trinajstić information content (AvgIpc) is 0.811. The van der Waals surface area contributed by atoms with Crippen LogP contribution in [0.3, 0.4) is 0 Å². The molecule has 0 aliphatic heterocycles. The van der Waals surface area contributed by atoms with E-state index in [1.807, 2.05) is 56.5 Å². The van der Waals surface area contributed by atoms with Gasteiger partial charge in [-0.05, 0) is 195 Å². The van der Waals surface area contributed by atoms with E-state index in [4.69, 9.17) is 38.3 Å². The molecule has 0 atom stereocenters. The maximum atomic E-state index is 10.0. The topological polar surface area (TPSA) is 126 Å². The molecular weight excluding hydrogens is 2320 g/mol. The monoisotopic (exact) mass is 2460 g/mol. The Labute approximate surface area is 841 Å². The Hall–Kier alpha value is -9.92. The van der Waals surface area contributed by atoms with Gasteiger partial charge in [-0.1, -0.05) is 257 Å². The number of benzene rings is 9. The first-order valence-electron chi connectivity index (χ1n) is 44.3. The van der Waals surface area contributed by atoms with E-state index in [1.165, 1.54) is 128 Å². The minimum atomic E-state index is -0.125. The number of hydrogen-bond acceptors (Lipinski definition) is 8. The number of para-hydroxylation sites is 1. The second-order valence-electron chi connectivity index (χ2n) is 35.9. The van der Waals surface area contributed by atoms with Crippen LogP contribution >= 0.6 is 0 Å². The molecule has 0 spiro atoms. The predicted octanol–water partition coefficient (Wildman–Crippen LogP) is 31.8. The van der Waals surface area contributed by atoms with Crippen molar-refractivity contribution in [1.82, 2.24) is 19.9 Å². The van der Waals surface area contributed by atoms with Gasteiger partial charge < -0.3 is 15.2 Å². The summed E-state index contributed by atoms with van der Waals surface area (Å²) >= 11 is 0. The van der Waals surface area contributed by atoms with E-state index in [1.54, 1.807) is 0 Å². The third kappa shape index (κ3) is 43.1. The van der Waals surface area contributed by atoms with Crippen LogP contribution in [0.25, 0.3) is 100.0 Å². The van der Waals surface area contributed by atoms with Gasteiger partial charge in [0, 0.05) is 74.7 Å². The number of carbonyl (C=O) groups excluding carboxylic acids is 2. The van der Waals surface area contributed by atoms with E-state index >= 15 is 0 Å². The largest absolute Gasteiger partial charge is 3.00 e. The molecule has 0 unspecified atom stereocenters. The number of pyridine rings is 4. The van der Waals surface area contributed by atoms with Gasteiger partial charge in [-0.15, -0.1) is 141 Å².